The van der Waals surface area contributed by atoms with E-state index in [0.717, 1.165) is 11.1 Å². The molecule has 0 fully saturated rings. The monoisotopic (exact) mass is 341 g/mol. The molecule has 1 aromatic heterocycles. The van der Waals surface area contributed by atoms with Gasteiger partial charge in [0.25, 0.3) is 5.69 Å². The van der Waals surface area contributed by atoms with Crippen molar-refractivity contribution in [2.24, 2.45) is 0 Å². The lowest BCUT2D eigenvalue weighted by molar-refractivity contribution is -0.385. The molecule has 0 spiro atoms. The lowest BCUT2D eigenvalue weighted by Gasteiger charge is -2.05. The van der Waals surface area contributed by atoms with Gasteiger partial charge in [-0.3, -0.25) is 10.1 Å². The maximum atomic E-state index is 12.2. The van der Waals surface area contributed by atoms with Crippen LogP contribution in [0, 0.1) is 10.1 Å². The predicted octanol–water partition coefficient (Wildman–Crippen LogP) is 2.65. The number of hydrogen-bond donors (Lipinski definition) is 1. The smallest absolute Gasteiger partial charge is 0.258 e. The Bertz CT molecular complexity index is 784. The van der Waals surface area contributed by atoms with E-state index in [1.165, 1.54) is 29.5 Å². The predicted molar refractivity (Wildman–Crippen MR) is 83.3 cm³/mol. The number of nitro groups is 1. The number of hydrogen-bond acceptors (Lipinski definition) is 6. The first kappa shape index (κ1) is 16.5. The molecule has 0 amide bonds. The minimum absolute atomic E-state index is 0.0498. The van der Waals surface area contributed by atoms with Crippen LogP contribution in [0.1, 0.15) is 30.5 Å². The maximum absolute atomic E-state index is 12.2. The highest BCUT2D eigenvalue weighted by atomic mass is 32.2. The molecule has 0 saturated heterocycles. The first-order valence-electron chi connectivity index (χ1n) is 6.48. The van der Waals surface area contributed by atoms with Crippen molar-refractivity contribution in [1.29, 1.82) is 0 Å². The van der Waals surface area contributed by atoms with Gasteiger partial charge in [0.1, 0.15) is 0 Å². The number of nitrogens with one attached hydrogen (secondary N) is 1. The number of nitrogens with zero attached hydrogens (tertiary/aromatic N) is 2. The van der Waals surface area contributed by atoms with Crippen LogP contribution in [0.25, 0.3) is 0 Å². The van der Waals surface area contributed by atoms with Gasteiger partial charge in [0.2, 0.25) is 10.0 Å². The van der Waals surface area contributed by atoms with Gasteiger partial charge in [-0.25, -0.2) is 18.1 Å². The first-order valence-corrected chi connectivity index (χ1v) is 8.84. The number of benzene rings is 1. The van der Waals surface area contributed by atoms with E-state index in [4.69, 9.17) is 0 Å². The fourth-order valence-corrected chi connectivity index (χ4v) is 3.56. The molecule has 0 unspecified atom stereocenters. The van der Waals surface area contributed by atoms with Crippen molar-refractivity contribution in [2.75, 3.05) is 0 Å². The van der Waals surface area contributed by atoms with Crippen molar-refractivity contribution in [3.63, 3.8) is 0 Å². The lowest BCUT2D eigenvalue weighted by Crippen LogP contribution is -2.23. The first-order chi connectivity index (χ1) is 10.3. The summed E-state index contributed by atoms with van der Waals surface area (Å²) in [6.45, 7) is 4.07. The quantitative estimate of drug-likeness (QED) is 0.643. The van der Waals surface area contributed by atoms with Crippen LogP contribution in [-0.2, 0) is 16.6 Å². The van der Waals surface area contributed by atoms with E-state index in [-0.39, 0.29) is 23.0 Å². The average Bonchev–Trinajstić information content (AvgIpc) is 2.94. The summed E-state index contributed by atoms with van der Waals surface area (Å²) in [6, 6.07) is 4.93. The zero-order valence-corrected chi connectivity index (χ0v) is 13.6. The van der Waals surface area contributed by atoms with Gasteiger partial charge in [-0.15, -0.1) is 11.3 Å². The van der Waals surface area contributed by atoms with Crippen LogP contribution in [0.4, 0.5) is 5.69 Å². The molecule has 2 rings (SSSR count). The van der Waals surface area contributed by atoms with E-state index in [2.05, 4.69) is 9.71 Å². The number of thiazole rings is 1. The normalized spacial score (nSPS) is 11.8. The molecule has 0 saturated carbocycles. The number of non-ortho nitro benzene ring substituents is 1. The van der Waals surface area contributed by atoms with Gasteiger partial charge >= 0.3 is 0 Å². The van der Waals surface area contributed by atoms with Gasteiger partial charge in [-0.1, -0.05) is 19.9 Å². The molecule has 0 atom stereocenters. The standard InChI is InChI=1S/C13H15N3O4S2/c1-9(2)13-15-10(8-21-13)7-14-22(19,20)12-5-3-4-11(6-12)16(17)18/h3-6,8-9,14H,7H2,1-2H3. The Labute approximate surface area is 132 Å². The van der Waals surface area contributed by atoms with Crippen molar-refractivity contribution in [1.82, 2.24) is 9.71 Å². The highest BCUT2D eigenvalue weighted by molar-refractivity contribution is 7.89. The second-order valence-electron chi connectivity index (χ2n) is 4.91. The Morgan fingerprint density at radius 3 is 2.73 bits per heavy atom. The van der Waals surface area contributed by atoms with Gasteiger partial charge < -0.3 is 0 Å². The third-order valence-electron chi connectivity index (χ3n) is 2.85. The molecule has 9 heteroatoms. The summed E-state index contributed by atoms with van der Waals surface area (Å²) in [4.78, 5) is 14.3. The molecule has 1 heterocycles. The van der Waals surface area contributed by atoms with E-state index < -0.39 is 14.9 Å². The van der Waals surface area contributed by atoms with Crippen molar-refractivity contribution >= 4 is 27.0 Å². The number of nitro benzene ring substituents is 1. The Kier molecular flexibility index (Phi) is 4.89. The third kappa shape index (κ3) is 3.87. The molecule has 0 aliphatic carbocycles. The summed E-state index contributed by atoms with van der Waals surface area (Å²) in [6.07, 6.45) is 0. The van der Waals surface area contributed by atoms with Gasteiger partial charge in [0.15, 0.2) is 0 Å². The molecule has 0 bridgehead atoms. The Morgan fingerprint density at radius 2 is 2.14 bits per heavy atom. The summed E-state index contributed by atoms with van der Waals surface area (Å²) in [5.41, 5.74) is 0.362. The molecule has 7 nitrogen and oxygen atoms in total. The summed E-state index contributed by atoms with van der Waals surface area (Å²) >= 11 is 1.48. The number of rotatable bonds is 6. The van der Waals surface area contributed by atoms with Crippen LogP contribution in [-0.4, -0.2) is 18.3 Å². The summed E-state index contributed by atoms with van der Waals surface area (Å²) in [5, 5.41) is 13.4. The fraction of sp³-hybridized carbons (Fsp3) is 0.308. The molecule has 1 N–H and O–H groups in total. The summed E-state index contributed by atoms with van der Waals surface area (Å²) in [5.74, 6) is 0.284. The van der Waals surface area contributed by atoms with E-state index >= 15 is 0 Å². The fourth-order valence-electron chi connectivity index (χ4n) is 1.69. The highest BCUT2D eigenvalue weighted by Crippen LogP contribution is 2.20. The summed E-state index contributed by atoms with van der Waals surface area (Å²) in [7, 11) is -3.82. The Morgan fingerprint density at radius 1 is 1.41 bits per heavy atom. The van der Waals surface area contributed by atoms with Crippen LogP contribution < -0.4 is 4.72 Å². The largest absolute Gasteiger partial charge is 0.270 e. The van der Waals surface area contributed by atoms with Crippen molar-refractivity contribution in [2.45, 2.75) is 31.2 Å². The van der Waals surface area contributed by atoms with Gasteiger partial charge in [-0.2, -0.15) is 0 Å². The van der Waals surface area contributed by atoms with Crippen LogP contribution in [0.5, 0.6) is 0 Å². The van der Waals surface area contributed by atoms with E-state index in [1.54, 1.807) is 5.38 Å². The topological polar surface area (TPSA) is 102 Å². The lowest BCUT2D eigenvalue weighted by atomic mass is 10.2. The molecular formula is C13H15N3O4S2. The van der Waals surface area contributed by atoms with E-state index in [0.29, 0.717) is 5.69 Å². The van der Waals surface area contributed by atoms with Crippen LogP contribution >= 0.6 is 11.3 Å². The molecule has 0 radical (unpaired) electrons. The van der Waals surface area contributed by atoms with Gasteiger partial charge in [0, 0.05) is 23.4 Å². The van der Waals surface area contributed by atoms with Crippen molar-refractivity contribution < 1.29 is 13.3 Å². The molecule has 2 aromatic rings. The van der Waals surface area contributed by atoms with Gasteiger partial charge in [0.05, 0.1) is 27.1 Å². The van der Waals surface area contributed by atoms with Gasteiger partial charge in [-0.05, 0) is 6.07 Å². The molecular weight excluding hydrogens is 326 g/mol. The second-order valence-corrected chi connectivity index (χ2v) is 7.57. The van der Waals surface area contributed by atoms with Crippen LogP contribution in [0.2, 0.25) is 0 Å². The zero-order chi connectivity index (χ0) is 16.3. The molecule has 22 heavy (non-hydrogen) atoms. The van der Waals surface area contributed by atoms with Crippen molar-refractivity contribution in [3.8, 4) is 0 Å². The SMILES string of the molecule is CC(C)c1nc(CNS(=O)(=O)c2cccc([N+](=O)[O-])c2)cs1. The van der Waals surface area contributed by atoms with E-state index in [1.807, 2.05) is 13.8 Å². The van der Waals surface area contributed by atoms with Crippen LogP contribution in [0.15, 0.2) is 34.5 Å². The second kappa shape index (κ2) is 6.51. The third-order valence-corrected chi connectivity index (χ3v) is 5.44. The minimum Gasteiger partial charge on any atom is -0.258 e. The molecule has 118 valence electrons. The molecule has 0 aliphatic rings. The van der Waals surface area contributed by atoms with Crippen LogP contribution in [0.3, 0.4) is 0 Å². The molecule has 1 aromatic carbocycles. The number of sulfonamides is 1. The van der Waals surface area contributed by atoms with Crippen molar-refractivity contribution in [3.05, 3.63) is 50.5 Å². The highest BCUT2D eigenvalue weighted by Gasteiger charge is 2.18. The van der Waals surface area contributed by atoms with E-state index in [9.17, 15) is 18.5 Å². The number of aromatic nitrogens is 1. The maximum Gasteiger partial charge on any atom is 0.270 e. The Balaban J connectivity index is 2.13. The Hall–Kier alpha value is -1.84. The molecule has 0 aliphatic heterocycles. The average molecular weight is 341 g/mol. The summed E-state index contributed by atoms with van der Waals surface area (Å²) < 4.78 is 26.7. The minimum atomic E-state index is -3.82. The zero-order valence-electron chi connectivity index (χ0n) is 12.0.